The second-order valence-corrected chi connectivity index (χ2v) is 5.81. The molecular weight excluding hydrogens is 309 g/mol. The highest BCUT2D eigenvalue weighted by Crippen LogP contribution is 2.40. The zero-order chi connectivity index (χ0) is 17.1. The Kier molecular flexibility index (Phi) is 4.66. The summed E-state index contributed by atoms with van der Waals surface area (Å²) in [6.07, 6.45) is -2.94. The number of benzene rings is 1. The number of nitrogens with one attached hydrogen (secondary N) is 1. The predicted molar refractivity (Wildman–Crippen MR) is 75.9 cm³/mol. The number of nitrogens with zero attached hydrogens (tertiary/aromatic N) is 1. The SMILES string of the molecule is N#CC1(C(=O)NC[C@](O)(c2ccccc2)C(F)(F)F)CCCC1. The summed E-state index contributed by atoms with van der Waals surface area (Å²) in [7, 11) is 0. The van der Waals surface area contributed by atoms with Gasteiger partial charge in [-0.2, -0.15) is 18.4 Å². The Bertz CT molecular complexity index is 604. The molecule has 23 heavy (non-hydrogen) atoms. The van der Waals surface area contributed by atoms with Gasteiger partial charge in [0.15, 0.2) is 0 Å². The molecule has 0 spiro atoms. The lowest BCUT2D eigenvalue weighted by atomic mass is 9.86. The summed E-state index contributed by atoms with van der Waals surface area (Å²) in [6, 6.07) is 8.50. The van der Waals surface area contributed by atoms with Crippen LogP contribution in [0.2, 0.25) is 0 Å². The van der Waals surface area contributed by atoms with E-state index in [1.807, 2.05) is 6.07 Å². The second-order valence-electron chi connectivity index (χ2n) is 5.81. The first-order chi connectivity index (χ1) is 10.8. The van der Waals surface area contributed by atoms with Gasteiger partial charge >= 0.3 is 6.18 Å². The maximum atomic E-state index is 13.3. The van der Waals surface area contributed by atoms with Crippen LogP contribution < -0.4 is 5.32 Å². The zero-order valence-corrected chi connectivity index (χ0v) is 12.4. The average Bonchev–Trinajstić information content (AvgIpc) is 3.02. The minimum Gasteiger partial charge on any atom is -0.375 e. The molecule has 124 valence electrons. The fraction of sp³-hybridized carbons (Fsp3) is 0.500. The van der Waals surface area contributed by atoms with Crippen molar-refractivity contribution in [2.24, 2.45) is 5.41 Å². The summed E-state index contributed by atoms with van der Waals surface area (Å²) < 4.78 is 40.0. The van der Waals surface area contributed by atoms with Crippen LogP contribution in [-0.2, 0) is 10.4 Å². The lowest BCUT2D eigenvalue weighted by Crippen LogP contribution is -2.53. The Hall–Kier alpha value is -2.07. The van der Waals surface area contributed by atoms with E-state index in [0.717, 1.165) is 12.1 Å². The minimum atomic E-state index is -4.96. The number of rotatable bonds is 4. The van der Waals surface area contributed by atoms with Crippen molar-refractivity contribution < 1.29 is 23.1 Å². The third-order valence-electron chi connectivity index (χ3n) is 4.33. The van der Waals surface area contributed by atoms with Gasteiger partial charge in [-0.1, -0.05) is 43.2 Å². The number of hydrogen-bond donors (Lipinski definition) is 2. The smallest absolute Gasteiger partial charge is 0.375 e. The van der Waals surface area contributed by atoms with Gasteiger partial charge in [-0.25, -0.2) is 0 Å². The third-order valence-corrected chi connectivity index (χ3v) is 4.33. The number of alkyl halides is 3. The van der Waals surface area contributed by atoms with Crippen molar-refractivity contribution in [2.75, 3.05) is 6.54 Å². The van der Waals surface area contributed by atoms with E-state index in [4.69, 9.17) is 0 Å². The Labute approximate surface area is 131 Å². The standard InChI is InChI=1S/C16H17F3N2O2/c17-16(18,19)15(23,12-6-2-1-3-7-12)11-21-13(22)14(10-20)8-4-5-9-14/h1-3,6-7,23H,4-5,8-9,11H2,(H,21,22)/t15-/m0/s1. The van der Waals surface area contributed by atoms with Crippen molar-refractivity contribution in [1.82, 2.24) is 5.32 Å². The Morgan fingerprint density at radius 1 is 1.26 bits per heavy atom. The summed E-state index contributed by atoms with van der Waals surface area (Å²) in [5.41, 5.74) is -4.84. The van der Waals surface area contributed by atoms with E-state index in [-0.39, 0.29) is 5.56 Å². The molecule has 7 heteroatoms. The number of halogens is 3. The van der Waals surface area contributed by atoms with E-state index in [9.17, 15) is 28.3 Å². The molecule has 0 radical (unpaired) electrons. The van der Waals surface area contributed by atoms with E-state index >= 15 is 0 Å². The number of carbonyl (C=O) groups excluding carboxylic acids is 1. The molecule has 0 aromatic heterocycles. The monoisotopic (exact) mass is 326 g/mol. The van der Waals surface area contributed by atoms with Crippen molar-refractivity contribution >= 4 is 5.91 Å². The Balaban J connectivity index is 2.21. The fourth-order valence-corrected chi connectivity index (χ4v) is 2.83. The Morgan fingerprint density at radius 3 is 2.30 bits per heavy atom. The van der Waals surface area contributed by atoms with Gasteiger partial charge < -0.3 is 10.4 Å². The summed E-state index contributed by atoms with van der Waals surface area (Å²) in [4.78, 5) is 12.2. The quantitative estimate of drug-likeness (QED) is 0.893. The van der Waals surface area contributed by atoms with E-state index < -0.39 is 29.6 Å². The molecule has 1 amide bonds. The minimum absolute atomic E-state index is 0.325. The molecule has 0 bridgehead atoms. The maximum Gasteiger partial charge on any atom is 0.423 e. The molecule has 1 aromatic rings. The fourth-order valence-electron chi connectivity index (χ4n) is 2.83. The molecule has 1 atom stereocenters. The van der Waals surface area contributed by atoms with Gasteiger partial charge in [0, 0.05) is 0 Å². The van der Waals surface area contributed by atoms with Gasteiger partial charge in [-0.15, -0.1) is 0 Å². The maximum absolute atomic E-state index is 13.3. The topological polar surface area (TPSA) is 73.1 Å². The highest BCUT2D eigenvalue weighted by atomic mass is 19.4. The van der Waals surface area contributed by atoms with Crippen molar-refractivity contribution in [3.8, 4) is 6.07 Å². The molecule has 0 heterocycles. The van der Waals surface area contributed by atoms with Crippen LogP contribution in [-0.4, -0.2) is 23.7 Å². The van der Waals surface area contributed by atoms with Crippen LogP contribution in [0.15, 0.2) is 30.3 Å². The van der Waals surface area contributed by atoms with Gasteiger partial charge in [0.2, 0.25) is 11.5 Å². The molecule has 0 saturated heterocycles. The number of hydrogen-bond acceptors (Lipinski definition) is 3. The van der Waals surface area contributed by atoms with Gasteiger partial charge in [0.05, 0.1) is 12.6 Å². The van der Waals surface area contributed by atoms with Gasteiger partial charge in [0.25, 0.3) is 0 Å². The van der Waals surface area contributed by atoms with Crippen molar-refractivity contribution in [3.63, 3.8) is 0 Å². The van der Waals surface area contributed by atoms with Crippen molar-refractivity contribution in [3.05, 3.63) is 35.9 Å². The van der Waals surface area contributed by atoms with Crippen LogP contribution >= 0.6 is 0 Å². The first kappa shape index (κ1) is 17.3. The van der Waals surface area contributed by atoms with E-state index in [1.165, 1.54) is 18.2 Å². The molecule has 1 fully saturated rings. The van der Waals surface area contributed by atoms with Crippen LogP contribution in [0.3, 0.4) is 0 Å². The van der Waals surface area contributed by atoms with E-state index in [1.54, 1.807) is 0 Å². The largest absolute Gasteiger partial charge is 0.423 e. The molecule has 1 aliphatic rings. The first-order valence-electron chi connectivity index (χ1n) is 7.29. The zero-order valence-electron chi connectivity index (χ0n) is 12.4. The molecule has 1 aliphatic carbocycles. The van der Waals surface area contributed by atoms with Crippen molar-refractivity contribution in [1.29, 1.82) is 5.26 Å². The van der Waals surface area contributed by atoms with Crippen molar-refractivity contribution in [2.45, 2.75) is 37.5 Å². The molecule has 2 N–H and O–H groups in total. The van der Waals surface area contributed by atoms with Crippen LogP contribution in [0.4, 0.5) is 13.2 Å². The average molecular weight is 326 g/mol. The molecule has 1 saturated carbocycles. The highest BCUT2D eigenvalue weighted by molar-refractivity contribution is 5.85. The molecule has 1 aromatic carbocycles. The summed E-state index contributed by atoms with van der Waals surface area (Å²) in [5.74, 6) is -0.754. The van der Waals surface area contributed by atoms with Gasteiger partial charge in [0.1, 0.15) is 5.41 Å². The molecule has 4 nitrogen and oxygen atoms in total. The molecular formula is C16H17F3N2O2. The summed E-state index contributed by atoms with van der Waals surface area (Å²) in [5, 5.41) is 21.5. The van der Waals surface area contributed by atoms with E-state index in [0.29, 0.717) is 25.7 Å². The Morgan fingerprint density at radius 2 is 1.83 bits per heavy atom. The summed E-state index contributed by atoms with van der Waals surface area (Å²) in [6.45, 7) is -1.03. The molecule has 2 rings (SSSR count). The number of amides is 1. The highest BCUT2D eigenvalue weighted by Gasteiger charge is 2.55. The van der Waals surface area contributed by atoms with Crippen LogP contribution in [0, 0.1) is 16.7 Å². The number of nitriles is 1. The second kappa shape index (κ2) is 6.20. The normalized spacial score (nSPS) is 19.6. The van der Waals surface area contributed by atoms with E-state index in [2.05, 4.69) is 5.32 Å². The van der Waals surface area contributed by atoms with Crippen LogP contribution in [0.25, 0.3) is 0 Å². The predicted octanol–water partition coefficient (Wildman–Crippen LogP) is 2.64. The lowest BCUT2D eigenvalue weighted by molar-refractivity contribution is -0.264. The number of aliphatic hydroxyl groups is 1. The number of carbonyl (C=O) groups is 1. The first-order valence-corrected chi connectivity index (χ1v) is 7.29. The molecule has 0 unspecified atom stereocenters. The van der Waals surface area contributed by atoms with Crippen LogP contribution in [0.1, 0.15) is 31.2 Å². The van der Waals surface area contributed by atoms with Gasteiger partial charge in [-0.05, 0) is 18.4 Å². The van der Waals surface area contributed by atoms with Gasteiger partial charge in [-0.3, -0.25) is 4.79 Å². The van der Waals surface area contributed by atoms with Crippen LogP contribution in [0.5, 0.6) is 0 Å². The molecule has 0 aliphatic heterocycles. The third kappa shape index (κ3) is 3.17. The summed E-state index contributed by atoms with van der Waals surface area (Å²) >= 11 is 0. The lowest BCUT2D eigenvalue weighted by Gasteiger charge is -2.32.